The van der Waals surface area contributed by atoms with E-state index in [-0.39, 0.29) is 0 Å². The maximum Gasteiger partial charge on any atom is 0.349 e. The van der Waals surface area contributed by atoms with Crippen LogP contribution in [0.15, 0.2) is 42.5 Å². The van der Waals surface area contributed by atoms with Crippen molar-refractivity contribution in [2.45, 2.75) is 13.3 Å². The number of carbonyl (C=O) groups excluding carboxylic acids is 1. The Balaban J connectivity index is 1.78. The monoisotopic (exact) mass is 404 g/mol. The van der Waals surface area contributed by atoms with Crippen molar-refractivity contribution >= 4 is 67.7 Å². The Morgan fingerprint density at radius 3 is 2.62 bits per heavy atom. The predicted molar refractivity (Wildman–Crippen MR) is 114 cm³/mol. The number of esters is 1. The quantitative estimate of drug-likeness (QED) is 0.430. The summed E-state index contributed by atoms with van der Waals surface area (Å²) in [4.78, 5) is 12.2. The second-order valence-corrected chi connectivity index (χ2v) is 7.42. The van der Waals surface area contributed by atoms with Gasteiger partial charge in [-0.15, -0.1) is 11.3 Å². The molecule has 3 aromatic rings. The predicted octanol–water partition coefficient (Wildman–Crippen LogP) is 5.71. The molecule has 0 unspecified atom stereocenters. The van der Waals surface area contributed by atoms with Gasteiger partial charge in [-0.2, -0.15) is 0 Å². The molecule has 0 aliphatic rings. The van der Waals surface area contributed by atoms with Crippen LogP contribution in [-0.4, -0.2) is 18.2 Å². The number of thiophene rings is 1. The molecule has 0 aliphatic heterocycles. The number of thiocarbonyl (C=S) groups is 1. The molecule has 26 heavy (non-hydrogen) atoms. The van der Waals surface area contributed by atoms with Gasteiger partial charge in [-0.3, -0.25) is 0 Å². The van der Waals surface area contributed by atoms with E-state index < -0.39 is 5.97 Å². The number of hydrogen-bond acceptors (Lipinski definition) is 4. The fourth-order valence-corrected chi connectivity index (χ4v) is 4.23. The summed E-state index contributed by atoms with van der Waals surface area (Å²) in [5.74, 6) is -0.432. The fraction of sp³-hybridized carbons (Fsp3) is 0.158. The summed E-state index contributed by atoms with van der Waals surface area (Å²) < 4.78 is 5.65. The third kappa shape index (κ3) is 3.98. The van der Waals surface area contributed by atoms with Gasteiger partial charge < -0.3 is 15.4 Å². The van der Waals surface area contributed by atoms with Gasteiger partial charge in [-0.05, 0) is 54.5 Å². The van der Waals surface area contributed by atoms with Gasteiger partial charge in [0.25, 0.3) is 0 Å². The van der Waals surface area contributed by atoms with E-state index in [1.165, 1.54) is 24.0 Å². The SMILES string of the molecule is CCc1cccc(NC(=S)Nc2ccc3c(Cl)c(C(=O)OC)sc3c2)c1. The van der Waals surface area contributed by atoms with Crippen LogP contribution in [-0.2, 0) is 11.2 Å². The maximum absolute atomic E-state index is 11.8. The molecule has 1 aromatic heterocycles. The van der Waals surface area contributed by atoms with Crippen molar-refractivity contribution in [3.63, 3.8) is 0 Å². The number of anilines is 2. The van der Waals surface area contributed by atoms with Gasteiger partial charge in [0.2, 0.25) is 0 Å². The van der Waals surface area contributed by atoms with E-state index in [2.05, 4.69) is 29.7 Å². The molecule has 0 saturated carbocycles. The van der Waals surface area contributed by atoms with E-state index in [4.69, 9.17) is 28.6 Å². The zero-order chi connectivity index (χ0) is 18.7. The minimum absolute atomic E-state index is 0.401. The van der Waals surface area contributed by atoms with Crippen molar-refractivity contribution in [1.82, 2.24) is 0 Å². The number of fused-ring (bicyclic) bond motifs is 1. The highest BCUT2D eigenvalue weighted by atomic mass is 35.5. The third-order valence-corrected chi connectivity index (χ3v) is 5.69. The summed E-state index contributed by atoms with van der Waals surface area (Å²) in [7, 11) is 1.34. The molecule has 0 saturated heterocycles. The molecule has 7 heteroatoms. The largest absolute Gasteiger partial charge is 0.465 e. The van der Waals surface area contributed by atoms with Crippen LogP contribution >= 0.6 is 35.2 Å². The van der Waals surface area contributed by atoms with Crippen molar-refractivity contribution < 1.29 is 9.53 Å². The molecule has 2 N–H and O–H groups in total. The molecule has 134 valence electrons. The van der Waals surface area contributed by atoms with Crippen LogP contribution in [0.5, 0.6) is 0 Å². The van der Waals surface area contributed by atoms with Crippen molar-refractivity contribution in [3.8, 4) is 0 Å². The van der Waals surface area contributed by atoms with Crippen molar-refractivity contribution in [3.05, 3.63) is 57.9 Å². The highest BCUT2D eigenvalue weighted by molar-refractivity contribution is 7.80. The number of nitrogens with one attached hydrogen (secondary N) is 2. The fourth-order valence-electron chi connectivity index (χ4n) is 2.53. The van der Waals surface area contributed by atoms with Crippen LogP contribution in [0.4, 0.5) is 11.4 Å². The average molecular weight is 405 g/mol. The first-order valence-electron chi connectivity index (χ1n) is 7.99. The highest BCUT2D eigenvalue weighted by Crippen LogP contribution is 2.37. The van der Waals surface area contributed by atoms with E-state index in [1.54, 1.807) is 0 Å². The van der Waals surface area contributed by atoms with Gasteiger partial charge in [0.1, 0.15) is 4.88 Å². The highest BCUT2D eigenvalue weighted by Gasteiger charge is 2.17. The first-order valence-corrected chi connectivity index (χ1v) is 9.59. The first-order chi connectivity index (χ1) is 12.5. The number of methoxy groups -OCH3 is 1. The van der Waals surface area contributed by atoms with Gasteiger partial charge in [0, 0.05) is 21.5 Å². The first kappa shape index (κ1) is 18.6. The van der Waals surface area contributed by atoms with Crippen molar-refractivity contribution in [2.75, 3.05) is 17.7 Å². The summed E-state index contributed by atoms with van der Waals surface area (Å²) in [5, 5.41) is 8.07. The Labute approximate surface area is 166 Å². The van der Waals surface area contributed by atoms with Gasteiger partial charge in [0.05, 0.1) is 12.1 Å². The molecular formula is C19H17ClN2O2S2. The number of ether oxygens (including phenoxy) is 1. The topological polar surface area (TPSA) is 50.4 Å². The van der Waals surface area contributed by atoms with E-state index >= 15 is 0 Å². The average Bonchev–Trinajstić information content (AvgIpc) is 2.97. The normalized spacial score (nSPS) is 10.6. The minimum Gasteiger partial charge on any atom is -0.465 e. The van der Waals surface area contributed by atoms with Gasteiger partial charge >= 0.3 is 5.97 Å². The molecule has 3 rings (SSSR count). The number of carbonyl (C=O) groups is 1. The van der Waals surface area contributed by atoms with Crippen LogP contribution in [0.25, 0.3) is 10.1 Å². The zero-order valence-corrected chi connectivity index (χ0v) is 16.6. The summed E-state index contributed by atoms with van der Waals surface area (Å²) in [6.45, 7) is 2.11. The molecule has 0 radical (unpaired) electrons. The van der Waals surface area contributed by atoms with Gasteiger partial charge in [0.15, 0.2) is 5.11 Å². The number of hydrogen-bond donors (Lipinski definition) is 2. The van der Waals surface area contributed by atoms with Crippen LogP contribution in [0.1, 0.15) is 22.2 Å². The molecule has 0 aliphatic carbocycles. The second-order valence-electron chi connectivity index (χ2n) is 5.58. The standard InChI is InChI=1S/C19H17ClN2O2S2/c1-3-11-5-4-6-12(9-11)21-19(25)22-13-7-8-14-15(10-13)26-17(16(14)20)18(23)24-2/h4-10H,3H2,1-2H3,(H2,21,22,25). The maximum atomic E-state index is 11.8. The van der Waals surface area contributed by atoms with Gasteiger partial charge in [-0.1, -0.05) is 30.7 Å². The van der Waals surface area contributed by atoms with Crippen molar-refractivity contribution in [2.24, 2.45) is 0 Å². The number of aryl methyl sites for hydroxylation is 1. The Kier molecular flexibility index (Phi) is 5.76. The van der Waals surface area contributed by atoms with Gasteiger partial charge in [-0.25, -0.2) is 4.79 Å². The lowest BCUT2D eigenvalue weighted by molar-refractivity contribution is 0.0606. The van der Waals surface area contributed by atoms with E-state index in [0.717, 1.165) is 27.9 Å². The molecule has 4 nitrogen and oxygen atoms in total. The van der Waals surface area contributed by atoms with Crippen LogP contribution in [0.2, 0.25) is 5.02 Å². The Morgan fingerprint density at radius 2 is 1.92 bits per heavy atom. The number of benzene rings is 2. The van der Waals surface area contributed by atoms with Crippen molar-refractivity contribution in [1.29, 1.82) is 0 Å². The Morgan fingerprint density at radius 1 is 1.19 bits per heavy atom. The van der Waals surface area contributed by atoms with E-state index in [9.17, 15) is 4.79 Å². The van der Waals surface area contributed by atoms with E-state index in [1.807, 2.05) is 30.3 Å². The molecule has 0 spiro atoms. The number of halogens is 1. The Hall–Kier alpha value is -2.15. The lowest BCUT2D eigenvalue weighted by Gasteiger charge is -2.11. The molecule has 2 aromatic carbocycles. The summed E-state index contributed by atoms with van der Waals surface area (Å²) in [5.41, 5.74) is 2.99. The molecular weight excluding hydrogens is 388 g/mol. The molecule has 1 heterocycles. The molecule has 0 atom stereocenters. The molecule has 0 bridgehead atoms. The minimum atomic E-state index is -0.432. The summed E-state index contributed by atoms with van der Waals surface area (Å²) in [6, 6.07) is 13.8. The second kappa shape index (κ2) is 8.03. The Bertz CT molecular complexity index is 985. The van der Waals surface area contributed by atoms with E-state index in [0.29, 0.717) is 15.0 Å². The molecule has 0 fully saturated rings. The molecule has 0 amide bonds. The van der Waals surface area contributed by atoms with Crippen LogP contribution in [0, 0.1) is 0 Å². The lowest BCUT2D eigenvalue weighted by atomic mass is 10.1. The lowest BCUT2D eigenvalue weighted by Crippen LogP contribution is -2.19. The third-order valence-electron chi connectivity index (χ3n) is 3.85. The summed E-state index contributed by atoms with van der Waals surface area (Å²) >= 11 is 13.0. The summed E-state index contributed by atoms with van der Waals surface area (Å²) in [6.07, 6.45) is 0.966. The smallest absolute Gasteiger partial charge is 0.349 e. The van der Waals surface area contributed by atoms with Crippen LogP contribution < -0.4 is 10.6 Å². The zero-order valence-electron chi connectivity index (χ0n) is 14.3. The van der Waals surface area contributed by atoms with Crippen LogP contribution in [0.3, 0.4) is 0 Å². The number of rotatable bonds is 4.